The molecule has 3 aromatic rings. The predicted molar refractivity (Wildman–Crippen MR) is 87.1 cm³/mol. The second-order valence-corrected chi connectivity index (χ2v) is 5.36. The zero-order chi connectivity index (χ0) is 14.7. The summed E-state index contributed by atoms with van der Waals surface area (Å²) in [5.74, 6) is 0. The molecule has 0 saturated heterocycles. The van der Waals surface area contributed by atoms with Crippen LogP contribution in [0.4, 0.5) is 5.69 Å². The molecule has 0 saturated carbocycles. The largest absolute Gasteiger partial charge is 0.381 e. The van der Waals surface area contributed by atoms with Gasteiger partial charge in [-0.05, 0) is 42.3 Å². The van der Waals surface area contributed by atoms with E-state index in [1.807, 2.05) is 35.9 Å². The number of anilines is 1. The van der Waals surface area contributed by atoms with E-state index in [2.05, 4.69) is 34.6 Å². The lowest BCUT2D eigenvalue weighted by Crippen LogP contribution is -2.00. The van der Waals surface area contributed by atoms with Crippen molar-refractivity contribution in [2.45, 2.75) is 13.5 Å². The van der Waals surface area contributed by atoms with Gasteiger partial charge in [-0.1, -0.05) is 29.8 Å². The molecule has 0 radical (unpaired) electrons. The summed E-state index contributed by atoms with van der Waals surface area (Å²) in [7, 11) is 0. The second-order valence-electron chi connectivity index (χ2n) is 4.96. The molecule has 0 amide bonds. The van der Waals surface area contributed by atoms with E-state index < -0.39 is 0 Å². The van der Waals surface area contributed by atoms with Crippen molar-refractivity contribution in [2.75, 3.05) is 5.32 Å². The summed E-state index contributed by atoms with van der Waals surface area (Å²) in [6, 6.07) is 14.4. The van der Waals surface area contributed by atoms with Crippen LogP contribution < -0.4 is 5.32 Å². The molecule has 1 N–H and O–H groups in total. The van der Waals surface area contributed by atoms with Crippen molar-refractivity contribution in [1.29, 1.82) is 0 Å². The van der Waals surface area contributed by atoms with Crippen molar-refractivity contribution in [1.82, 2.24) is 9.55 Å². The number of benzene rings is 2. The van der Waals surface area contributed by atoms with Crippen molar-refractivity contribution in [2.24, 2.45) is 0 Å². The highest BCUT2D eigenvalue weighted by Crippen LogP contribution is 2.19. The van der Waals surface area contributed by atoms with Crippen molar-refractivity contribution in [3.63, 3.8) is 0 Å². The van der Waals surface area contributed by atoms with Crippen molar-refractivity contribution in [3.8, 4) is 5.69 Å². The topological polar surface area (TPSA) is 29.9 Å². The molecule has 21 heavy (non-hydrogen) atoms. The lowest BCUT2D eigenvalue weighted by Gasteiger charge is -2.10. The first-order valence-electron chi connectivity index (χ1n) is 6.80. The van der Waals surface area contributed by atoms with Crippen LogP contribution in [0.2, 0.25) is 5.02 Å². The van der Waals surface area contributed by atoms with Gasteiger partial charge in [0.2, 0.25) is 0 Å². The average molecular weight is 298 g/mol. The third-order valence-electron chi connectivity index (χ3n) is 3.38. The summed E-state index contributed by atoms with van der Waals surface area (Å²) in [5, 5.41) is 4.22. The first-order chi connectivity index (χ1) is 10.2. The van der Waals surface area contributed by atoms with E-state index in [1.165, 1.54) is 5.56 Å². The van der Waals surface area contributed by atoms with Crippen molar-refractivity contribution in [3.05, 3.63) is 77.3 Å². The third-order valence-corrected chi connectivity index (χ3v) is 3.79. The molecule has 0 atom stereocenters. The minimum atomic E-state index is 0.743. The van der Waals surface area contributed by atoms with Gasteiger partial charge in [-0.2, -0.15) is 0 Å². The Morgan fingerprint density at radius 3 is 2.86 bits per heavy atom. The van der Waals surface area contributed by atoms with Gasteiger partial charge in [0.1, 0.15) is 0 Å². The highest BCUT2D eigenvalue weighted by Gasteiger charge is 2.00. The fraction of sp³-hybridized carbons (Fsp3) is 0.118. The number of aromatic nitrogens is 2. The van der Waals surface area contributed by atoms with E-state index in [9.17, 15) is 0 Å². The van der Waals surface area contributed by atoms with Crippen LogP contribution in [0, 0.1) is 6.92 Å². The van der Waals surface area contributed by atoms with Crippen LogP contribution in [0.15, 0.2) is 61.2 Å². The number of halogens is 1. The van der Waals surface area contributed by atoms with E-state index >= 15 is 0 Å². The van der Waals surface area contributed by atoms with Crippen LogP contribution in [0.5, 0.6) is 0 Å². The van der Waals surface area contributed by atoms with E-state index in [-0.39, 0.29) is 0 Å². The second kappa shape index (κ2) is 6.02. The Morgan fingerprint density at radius 1 is 1.19 bits per heavy atom. The average Bonchev–Trinajstić information content (AvgIpc) is 3.03. The monoisotopic (exact) mass is 297 g/mol. The molecule has 0 aliphatic carbocycles. The van der Waals surface area contributed by atoms with Gasteiger partial charge in [-0.15, -0.1) is 0 Å². The Bertz CT molecular complexity index is 736. The standard InChI is InChI=1S/C17H16ClN3/c1-13-5-6-14(9-17(13)18)11-20-15-3-2-4-16(10-15)21-8-7-19-12-21/h2-10,12,20H,11H2,1H3. The molecule has 1 aromatic heterocycles. The zero-order valence-corrected chi connectivity index (χ0v) is 12.5. The Kier molecular flexibility index (Phi) is 3.93. The van der Waals surface area contributed by atoms with Crippen molar-refractivity contribution < 1.29 is 0 Å². The first kappa shape index (κ1) is 13.7. The SMILES string of the molecule is Cc1ccc(CNc2cccc(-n3ccnc3)c2)cc1Cl. The number of rotatable bonds is 4. The highest BCUT2D eigenvalue weighted by molar-refractivity contribution is 6.31. The van der Waals surface area contributed by atoms with Gasteiger partial charge < -0.3 is 9.88 Å². The molecular weight excluding hydrogens is 282 g/mol. The van der Waals surface area contributed by atoms with Gasteiger partial charge in [0.15, 0.2) is 0 Å². The van der Waals surface area contributed by atoms with Gasteiger partial charge in [0, 0.05) is 35.3 Å². The molecule has 106 valence electrons. The maximum Gasteiger partial charge on any atom is 0.0991 e. The van der Waals surface area contributed by atoms with E-state index in [0.29, 0.717) is 0 Å². The molecule has 1 heterocycles. The third kappa shape index (κ3) is 3.26. The normalized spacial score (nSPS) is 10.6. The minimum Gasteiger partial charge on any atom is -0.381 e. The Balaban J connectivity index is 1.73. The van der Waals surface area contributed by atoms with Crippen LogP contribution in [0.3, 0.4) is 0 Å². The van der Waals surface area contributed by atoms with Crippen LogP contribution in [-0.4, -0.2) is 9.55 Å². The van der Waals surface area contributed by atoms with Crippen LogP contribution in [0.25, 0.3) is 5.69 Å². The smallest absolute Gasteiger partial charge is 0.0991 e. The lowest BCUT2D eigenvalue weighted by molar-refractivity contribution is 1.05. The summed E-state index contributed by atoms with van der Waals surface area (Å²) >= 11 is 6.15. The van der Waals surface area contributed by atoms with Crippen LogP contribution >= 0.6 is 11.6 Å². The van der Waals surface area contributed by atoms with Gasteiger partial charge >= 0.3 is 0 Å². The highest BCUT2D eigenvalue weighted by atomic mass is 35.5. The minimum absolute atomic E-state index is 0.743. The lowest BCUT2D eigenvalue weighted by atomic mass is 10.1. The molecule has 3 nitrogen and oxygen atoms in total. The number of hydrogen-bond acceptors (Lipinski definition) is 2. The summed E-state index contributed by atoms with van der Waals surface area (Å²) in [6.07, 6.45) is 5.49. The van der Waals surface area contributed by atoms with Crippen molar-refractivity contribution >= 4 is 17.3 Å². The number of nitrogens with zero attached hydrogens (tertiary/aromatic N) is 2. The maximum atomic E-state index is 6.15. The molecule has 0 unspecified atom stereocenters. The Morgan fingerprint density at radius 2 is 2.10 bits per heavy atom. The predicted octanol–water partition coefficient (Wildman–Crippen LogP) is 4.45. The molecule has 3 rings (SSSR count). The maximum absolute atomic E-state index is 6.15. The molecule has 0 aliphatic rings. The number of hydrogen-bond donors (Lipinski definition) is 1. The fourth-order valence-corrected chi connectivity index (χ4v) is 2.34. The number of nitrogens with one attached hydrogen (secondary N) is 1. The molecule has 0 fully saturated rings. The molecule has 0 bridgehead atoms. The summed E-state index contributed by atoms with van der Waals surface area (Å²) in [4.78, 5) is 4.07. The first-order valence-corrected chi connectivity index (χ1v) is 7.17. The van der Waals surface area contributed by atoms with Gasteiger partial charge in [-0.25, -0.2) is 4.98 Å². The zero-order valence-electron chi connectivity index (χ0n) is 11.8. The molecule has 4 heteroatoms. The van der Waals surface area contributed by atoms with E-state index in [4.69, 9.17) is 11.6 Å². The van der Waals surface area contributed by atoms with E-state index in [0.717, 1.165) is 28.5 Å². The quantitative estimate of drug-likeness (QED) is 0.771. The van der Waals surface area contributed by atoms with Crippen LogP contribution in [0.1, 0.15) is 11.1 Å². The van der Waals surface area contributed by atoms with Gasteiger partial charge in [0.05, 0.1) is 6.33 Å². The fourth-order valence-electron chi connectivity index (χ4n) is 2.14. The molecule has 0 spiro atoms. The molecule has 2 aromatic carbocycles. The Hall–Kier alpha value is -2.26. The van der Waals surface area contributed by atoms with Gasteiger partial charge in [0.25, 0.3) is 0 Å². The van der Waals surface area contributed by atoms with E-state index in [1.54, 1.807) is 12.5 Å². The number of aryl methyl sites for hydroxylation is 1. The van der Waals surface area contributed by atoms with Gasteiger partial charge in [-0.3, -0.25) is 0 Å². The number of imidazole rings is 1. The Labute approximate surface area is 129 Å². The summed E-state index contributed by atoms with van der Waals surface area (Å²) in [5.41, 5.74) is 4.42. The summed E-state index contributed by atoms with van der Waals surface area (Å²) < 4.78 is 1.98. The molecule has 0 aliphatic heterocycles. The summed E-state index contributed by atoms with van der Waals surface area (Å²) in [6.45, 7) is 2.75. The molecular formula is C17H16ClN3. The van der Waals surface area contributed by atoms with Crippen LogP contribution in [-0.2, 0) is 6.54 Å².